The Kier molecular flexibility index (Phi) is 11.9. The van der Waals surface area contributed by atoms with Crippen molar-refractivity contribution >= 4 is 35.8 Å². The minimum absolute atomic E-state index is 0. The lowest BCUT2D eigenvalue weighted by atomic mass is 9.91. The number of aliphatic imine (C=N–C) groups is 1. The highest BCUT2D eigenvalue weighted by atomic mass is 127. The number of ether oxygens (including phenoxy) is 1. The zero-order chi connectivity index (χ0) is 19.3. The van der Waals surface area contributed by atoms with Gasteiger partial charge in [-0.25, -0.2) is 0 Å². The highest BCUT2D eigenvalue weighted by molar-refractivity contribution is 14.0. The molecule has 2 aromatic rings. The molecule has 0 fully saturated rings. The zero-order valence-corrected chi connectivity index (χ0v) is 18.7. The first-order valence-corrected chi connectivity index (χ1v) is 9.04. The summed E-state index contributed by atoms with van der Waals surface area (Å²) >= 11 is 0. The van der Waals surface area contributed by atoms with Crippen molar-refractivity contribution in [1.29, 1.82) is 0 Å². The van der Waals surface area contributed by atoms with Crippen LogP contribution in [-0.2, 0) is 9.53 Å². The fourth-order valence-corrected chi connectivity index (χ4v) is 2.74. The maximum absolute atomic E-state index is 11.8. The van der Waals surface area contributed by atoms with Crippen molar-refractivity contribution in [3.63, 3.8) is 0 Å². The van der Waals surface area contributed by atoms with E-state index in [9.17, 15) is 4.79 Å². The molecule has 0 spiro atoms. The number of benzene rings is 2. The van der Waals surface area contributed by atoms with Gasteiger partial charge in [-0.15, -0.1) is 24.0 Å². The highest BCUT2D eigenvalue weighted by Crippen LogP contribution is 2.23. The van der Waals surface area contributed by atoms with E-state index in [1.54, 1.807) is 14.2 Å². The molecule has 0 heterocycles. The largest absolute Gasteiger partial charge is 0.383 e. The molecule has 0 saturated carbocycles. The molecule has 2 aromatic carbocycles. The number of carbonyl (C=O) groups is 1. The number of hydrogen-bond donors (Lipinski definition) is 3. The molecular weight excluding hydrogens is 467 g/mol. The first-order chi connectivity index (χ1) is 13.2. The molecule has 0 aliphatic rings. The van der Waals surface area contributed by atoms with Crippen LogP contribution in [0.1, 0.15) is 17.0 Å². The minimum Gasteiger partial charge on any atom is -0.383 e. The van der Waals surface area contributed by atoms with E-state index in [4.69, 9.17) is 4.74 Å². The molecule has 2 rings (SSSR count). The van der Waals surface area contributed by atoms with Crippen LogP contribution in [0, 0.1) is 0 Å². The normalized spacial score (nSPS) is 10.9. The molecular formula is C21H29IN4O2. The number of halogens is 1. The molecule has 0 aliphatic heterocycles. The zero-order valence-electron chi connectivity index (χ0n) is 16.4. The average Bonchev–Trinajstić information content (AvgIpc) is 2.72. The summed E-state index contributed by atoms with van der Waals surface area (Å²) in [5.41, 5.74) is 2.45. The number of guanidine groups is 1. The number of nitrogens with one attached hydrogen (secondary N) is 3. The Morgan fingerprint density at radius 1 is 0.964 bits per heavy atom. The lowest BCUT2D eigenvalue weighted by Crippen LogP contribution is -2.44. The second-order valence-corrected chi connectivity index (χ2v) is 6.02. The Morgan fingerprint density at radius 2 is 1.54 bits per heavy atom. The molecule has 0 unspecified atom stereocenters. The van der Waals surface area contributed by atoms with Crippen molar-refractivity contribution in [2.24, 2.45) is 4.99 Å². The SMILES string of the molecule is CN=C(NCC(=O)NCCOC)NCC(c1ccccc1)c1ccccc1.I. The topological polar surface area (TPSA) is 74.8 Å². The molecule has 0 radical (unpaired) electrons. The highest BCUT2D eigenvalue weighted by Gasteiger charge is 2.14. The monoisotopic (exact) mass is 496 g/mol. The van der Waals surface area contributed by atoms with Crippen LogP contribution in [-0.4, -0.2) is 52.3 Å². The molecule has 0 aromatic heterocycles. The van der Waals surface area contributed by atoms with Gasteiger partial charge < -0.3 is 20.7 Å². The number of rotatable bonds is 9. The fraction of sp³-hybridized carbons (Fsp3) is 0.333. The van der Waals surface area contributed by atoms with E-state index in [0.29, 0.717) is 25.7 Å². The van der Waals surface area contributed by atoms with Gasteiger partial charge >= 0.3 is 0 Å². The van der Waals surface area contributed by atoms with Crippen LogP contribution < -0.4 is 16.0 Å². The average molecular weight is 496 g/mol. The van der Waals surface area contributed by atoms with E-state index >= 15 is 0 Å². The summed E-state index contributed by atoms with van der Waals surface area (Å²) in [6.07, 6.45) is 0. The lowest BCUT2D eigenvalue weighted by molar-refractivity contribution is -0.120. The van der Waals surface area contributed by atoms with Gasteiger partial charge in [-0.1, -0.05) is 60.7 Å². The second-order valence-electron chi connectivity index (χ2n) is 6.02. The van der Waals surface area contributed by atoms with E-state index in [0.717, 1.165) is 0 Å². The molecule has 0 aliphatic carbocycles. The van der Waals surface area contributed by atoms with Crippen molar-refractivity contribution in [2.75, 3.05) is 40.4 Å². The van der Waals surface area contributed by atoms with Crippen LogP contribution in [0.4, 0.5) is 0 Å². The van der Waals surface area contributed by atoms with E-state index < -0.39 is 0 Å². The maximum Gasteiger partial charge on any atom is 0.239 e. The summed E-state index contributed by atoms with van der Waals surface area (Å²) in [6.45, 7) is 1.81. The van der Waals surface area contributed by atoms with Gasteiger partial charge in [0, 0.05) is 33.2 Å². The Labute approximate surface area is 184 Å². The molecule has 1 amide bonds. The van der Waals surface area contributed by atoms with E-state index in [1.807, 2.05) is 36.4 Å². The third kappa shape index (κ3) is 8.26. The van der Waals surface area contributed by atoms with Crippen LogP contribution >= 0.6 is 24.0 Å². The number of carbonyl (C=O) groups excluding carboxylic acids is 1. The van der Waals surface area contributed by atoms with Gasteiger partial charge in [-0.05, 0) is 11.1 Å². The Bertz CT molecular complexity index is 671. The predicted molar refractivity (Wildman–Crippen MR) is 124 cm³/mol. The van der Waals surface area contributed by atoms with Crippen LogP contribution in [0.2, 0.25) is 0 Å². The predicted octanol–water partition coefficient (Wildman–Crippen LogP) is 2.36. The minimum atomic E-state index is -0.0994. The molecule has 7 heteroatoms. The second kappa shape index (κ2) is 14.0. The first-order valence-electron chi connectivity index (χ1n) is 9.04. The summed E-state index contributed by atoms with van der Waals surface area (Å²) in [4.78, 5) is 16.0. The van der Waals surface area contributed by atoms with Gasteiger partial charge in [0.2, 0.25) is 5.91 Å². The van der Waals surface area contributed by atoms with Crippen molar-refractivity contribution in [3.8, 4) is 0 Å². The summed E-state index contributed by atoms with van der Waals surface area (Å²) < 4.78 is 4.92. The van der Waals surface area contributed by atoms with Crippen molar-refractivity contribution in [3.05, 3.63) is 71.8 Å². The molecule has 152 valence electrons. The quantitative estimate of drug-likeness (QED) is 0.216. The van der Waals surface area contributed by atoms with Crippen molar-refractivity contribution in [1.82, 2.24) is 16.0 Å². The maximum atomic E-state index is 11.8. The number of methoxy groups -OCH3 is 1. The number of nitrogens with zero attached hydrogens (tertiary/aromatic N) is 1. The Hall–Kier alpha value is -2.13. The van der Waals surface area contributed by atoms with E-state index in [2.05, 4.69) is 45.2 Å². The summed E-state index contributed by atoms with van der Waals surface area (Å²) in [7, 11) is 3.30. The van der Waals surface area contributed by atoms with Crippen LogP contribution in [0.5, 0.6) is 0 Å². The third-order valence-corrected chi connectivity index (χ3v) is 4.15. The van der Waals surface area contributed by atoms with Gasteiger partial charge in [-0.3, -0.25) is 9.79 Å². The molecule has 28 heavy (non-hydrogen) atoms. The number of hydrogen-bond acceptors (Lipinski definition) is 3. The Balaban J connectivity index is 0.00000392. The van der Waals surface area contributed by atoms with Gasteiger partial charge in [0.25, 0.3) is 0 Å². The fourth-order valence-electron chi connectivity index (χ4n) is 2.74. The Morgan fingerprint density at radius 3 is 2.04 bits per heavy atom. The molecule has 6 nitrogen and oxygen atoms in total. The van der Waals surface area contributed by atoms with Gasteiger partial charge in [0.05, 0.1) is 13.2 Å². The van der Waals surface area contributed by atoms with Gasteiger partial charge in [0.15, 0.2) is 5.96 Å². The lowest BCUT2D eigenvalue weighted by Gasteiger charge is -2.20. The smallest absolute Gasteiger partial charge is 0.239 e. The van der Waals surface area contributed by atoms with Crippen LogP contribution in [0.3, 0.4) is 0 Å². The van der Waals surface area contributed by atoms with Crippen LogP contribution in [0.25, 0.3) is 0 Å². The van der Waals surface area contributed by atoms with Crippen molar-refractivity contribution in [2.45, 2.75) is 5.92 Å². The van der Waals surface area contributed by atoms with Gasteiger partial charge in [-0.2, -0.15) is 0 Å². The van der Waals surface area contributed by atoms with Gasteiger partial charge in [0.1, 0.15) is 0 Å². The van der Waals surface area contributed by atoms with Crippen LogP contribution in [0.15, 0.2) is 65.7 Å². The first kappa shape index (κ1) is 23.9. The van der Waals surface area contributed by atoms with Crippen molar-refractivity contribution < 1.29 is 9.53 Å². The molecule has 0 saturated heterocycles. The summed E-state index contributed by atoms with van der Waals surface area (Å²) in [6, 6.07) is 20.7. The third-order valence-electron chi connectivity index (χ3n) is 4.15. The van der Waals surface area contributed by atoms with E-state index in [-0.39, 0.29) is 42.3 Å². The molecule has 0 bridgehead atoms. The summed E-state index contributed by atoms with van der Waals surface area (Å²) in [5.74, 6) is 0.674. The number of amides is 1. The summed E-state index contributed by atoms with van der Waals surface area (Å²) in [5, 5.41) is 9.13. The van der Waals surface area contributed by atoms with E-state index in [1.165, 1.54) is 11.1 Å². The standard InChI is InChI=1S/C21H28N4O2.HI/c1-22-21(25-16-20(26)23-13-14-27-2)24-15-19(17-9-5-3-6-10-17)18-11-7-4-8-12-18;/h3-12,19H,13-16H2,1-2H3,(H,23,26)(H2,22,24,25);1H. The molecule has 3 N–H and O–H groups in total. The molecule has 0 atom stereocenters.